The van der Waals surface area contributed by atoms with Crippen LogP contribution < -0.4 is 11.5 Å². The van der Waals surface area contributed by atoms with E-state index in [0.717, 1.165) is 19.3 Å². The van der Waals surface area contributed by atoms with Crippen LogP contribution in [0.25, 0.3) is 0 Å². The summed E-state index contributed by atoms with van der Waals surface area (Å²) in [5.74, 6) is -0.277. The van der Waals surface area contributed by atoms with Gasteiger partial charge >= 0.3 is 0 Å². The summed E-state index contributed by atoms with van der Waals surface area (Å²) in [5, 5.41) is 10.9. The van der Waals surface area contributed by atoms with Crippen molar-refractivity contribution in [3.8, 4) is 0 Å². The number of amides is 1. The molecule has 1 aliphatic rings. The third-order valence-electron chi connectivity index (χ3n) is 3.67. The van der Waals surface area contributed by atoms with E-state index in [2.05, 4.69) is 0 Å². The average molecular weight is 315 g/mol. The van der Waals surface area contributed by atoms with Crippen LogP contribution in [0.1, 0.15) is 29.6 Å². The van der Waals surface area contributed by atoms with Crippen LogP contribution in [-0.2, 0) is 0 Å². The molecule has 0 spiro atoms. The molecule has 1 unspecified atom stereocenters. The molecule has 1 saturated heterocycles. The van der Waals surface area contributed by atoms with Gasteiger partial charge in [-0.05, 0) is 25.3 Å². The van der Waals surface area contributed by atoms with Gasteiger partial charge in [-0.1, -0.05) is 6.07 Å². The van der Waals surface area contributed by atoms with Gasteiger partial charge in [-0.15, -0.1) is 12.4 Å². The second kappa shape index (κ2) is 7.24. The first-order chi connectivity index (χ1) is 9.56. The summed E-state index contributed by atoms with van der Waals surface area (Å²) < 4.78 is 0. The molecule has 1 atom stereocenters. The number of piperidine rings is 1. The number of likely N-dealkylation sites (tertiary alicyclic amines) is 1. The largest absolute Gasteiger partial charge is 0.393 e. The van der Waals surface area contributed by atoms with Gasteiger partial charge in [0.05, 0.1) is 10.5 Å². The highest BCUT2D eigenvalue weighted by Gasteiger charge is 2.29. The first-order valence-electron chi connectivity index (χ1n) is 6.60. The topological polar surface area (TPSA) is 115 Å². The molecule has 1 aromatic carbocycles. The van der Waals surface area contributed by atoms with Crippen LogP contribution in [0.4, 0.5) is 11.4 Å². The highest BCUT2D eigenvalue weighted by atomic mass is 35.5. The Kier molecular flexibility index (Phi) is 5.92. The minimum atomic E-state index is -0.581. The fourth-order valence-corrected chi connectivity index (χ4v) is 2.57. The van der Waals surface area contributed by atoms with E-state index in [1.54, 1.807) is 4.90 Å². The molecule has 8 heteroatoms. The number of nitrogen functional groups attached to an aromatic ring is 1. The molecule has 116 valence electrons. The molecule has 1 fully saturated rings. The molecule has 2 rings (SSSR count). The zero-order valence-corrected chi connectivity index (χ0v) is 12.3. The summed E-state index contributed by atoms with van der Waals surface area (Å²) in [6.07, 6.45) is 2.81. The second-order valence-electron chi connectivity index (χ2n) is 4.88. The Morgan fingerprint density at radius 3 is 2.76 bits per heavy atom. The molecule has 1 heterocycles. The van der Waals surface area contributed by atoms with E-state index < -0.39 is 4.92 Å². The highest BCUT2D eigenvalue weighted by molar-refractivity contribution is 6.01. The normalized spacial score (nSPS) is 18.0. The minimum absolute atomic E-state index is 0. The first kappa shape index (κ1) is 17.2. The van der Waals surface area contributed by atoms with Crippen molar-refractivity contribution in [1.29, 1.82) is 0 Å². The van der Waals surface area contributed by atoms with Crippen molar-refractivity contribution in [3.63, 3.8) is 0 Å². The van der Waals surface area contributed by atoms with Crippen LogP contribution in [0.3, 0.4) is 0 Å². The smallest absolute Gasteiger partial charge is 0.292 e. The number of nitrogens with two attached hydrogens (primary N) is 2. The summed E-state index contributed by atoms with van der Waals surface area (Å²) in [5.41, 5.74) is 11.3. The Morgan fingerprint density at radius 1 is 1.43 bits per heavy atom. The summed E-state index contributed by atoms with van der Waals surface area (Å²) in [6.45, 7) is 1.00. The number of anilines is 1. The molecule has 4 N–H and O–H groups in total. The van der Waals surface area contributed by atoms with Gasteiger partial charge in [0.15, 0.2) is 0 Å². The van der Waals surface area contributed by atoms with Crippen molar-refractivity contribution in [1.82, 2.24) is 4.90 Å². The molecule has 21 heavy (non-hydrogen) atoms. The number of halogens is 1. The number of nitro groups is 1. The Labute approximate surface area is 128 Å². The van der Waals surface area contributed by atoms with Crippen molar-refractivity contribution >= 4 is 29.7 Å². The number of nitrogens with zero attached hydrogens (tertiary/aromatic N) is 2. The van der Waals surface area contributed by atoms with Gasteiger partial charge in [0, 0.05) is 25.2 Å². The van der Waals surface area contributed by atoms with E-state index in [0.29, 0.717) is 13.1 Å². The van der Waals surface area contributed by atoms with Gasteiger partial charge in [-0.3, -0.25) is 14.9 Å². The SMILES string of the molecule is Cl.NCC1CCCCN1C(=O)c1cccc([N+](=O)[O-])c1N. The van der Waals surface area contributed by atoms with E-state index >= 15 is 0 Å². The predicted octanol–water partition coefficient (Wildman–Crippen LogP) is 1.55. The number of nitro benzene ring substituents is 1. The van der Waals surface area contributed by atoms with Gasteiger partial charge in [-0.2, -0.15) is 0 Å². The molecule has 7 nitrogen and oxygen atoms in total. The number of hydrogen-bond donors (Lipinski definition) is 2. The van der Waals surface area contributed by atoms with Crippen LogP contribution >= 0.6 is 12.4 Å². The number of hydrogen-bond acceptors (Lipinski definition) is 5. The molecule has 1 aliphatic heterocycles. The van der Waals surface area contributed by atoms with Crippen molar-refractivity contribution in [2.45, 2.75) is 25.3 Å². The van der Waals surface area contributed by atoms with E-state index in [1.165, 1.54) is 18.2 Å². The molecule has 0 aromatic heterocycles. The van der Waals surface area contributed by atoms with Crippen molar-refractivity contribution in [2.24, 2.45) is 5.73 Å². The van der Waals surface area contributed by atoms with Gasteiger partial charge in [0.1, 0.15) is 5.69 Å². The van der Waals surface area contributed by atoms with Crippen molar-refractivity contribution in [3.05, 3.63) is 33.9 Å². The van der Waals surface area contributed by atoms with Gasteiger partial charge in [0.2, 0.25) is 0 Å². The van der Waals surface area contributed by atoms with Crippen LogP contribution in [0, 0.1) is 10.1 Å². The third-order valence-corrected chi connectivity index (χ3v) is 3.67. The number of benzene rings is 1. The lowest BCUT2D eigenvalue weighted by Crippen LogP contribution is -2.47. The molecule has 0 aliphatic carbocycles. The maximum atomic E-state index is 12.5. The first-order valence-corrected chi connectivity index (χ1v) is 6.60. The molecular formula is C13H19ClN4O3. The average Bonchev–Trinajstić information content (AvgIpc) is 2.46. The summed E-state index contributed by atoms with van der Waals surface area (Å²) in [6, 6.07) is 4.27. The molecule has 1 aromatic rings. The van der Waals surface area contributed by atoms with Crippen molar-refractivity contribution in [2.75, 3.05) is 18.8 Å². The number of rotatable bonds is 3. The van der Waals surface area contributed by atoms with Crippen molar-refractivity contribution < 1.29 is 9.72 Å². The molecule has 1 amide bonds. The maximum Gasteiger partial charge on any atom is 0.292 e. The number of para-hydroxylation sites is 1. The summed E-state index contributed by atoms with van der Waals surface area (Å²) in [7, 11) is 0. The Bertz CT molecular complexity index is 538. The summed E-state index contributed by atoms with van der Waals surface area (Å²) >= 11 is 0. The molecule has 0 radical (unpaired) electrons. The molecule has 0 bridgehead atoms. The fourth-order valence-electron chi connectivity index (χ4n) is 2.57. The van der Waals surface area contributed by atoms with Crippen LogP contribution in [0.5, 0.6) is 0 Å². The third kappa shape index (κ3) is 3.43. The molecular weight excluding hydrogens is 296 g/mol. The zero-order chi connectivity index (χ0) is 14.7. The lowest BCUT2D eigenvalue weighted by molar-refractivity contribution is -0.383. The standard InChI is InChI=1S/C13H18N4O3.ClH/c14-8-9-4-1-2-7-16(9)13(18)10-5-3-6-11(12(10)15)17(19)20;/h3,5-6,9H,1-2,4,7-8,14-15H2;1H. The van der Waals surface area contributed by atoms with Crippen LogP contribution in [0.15, 0.2) is 18.2 Å². The zero-order valence-electron chi connectivity index (χ0n) is 11.5. The molecule has 0 saturated carbocycles. The van der Waals surface area contributed by atoms with Gasteiger partial charge in [-0.25, -0.2) is 0 Å². The van der Waals surface area contributed by atoms with E-state index in [9.17, 15) is 14.9 Å². The monoisotopic (exact) mass is 314 g/mol. The van der Waals surface area contributed by atoms with E-state index in [1.807, 2.05) is 0 Å². The number of carbonyl (C=O) groups excluding carboxylic acids is 1. The van der Waals surface area contributed by atoms with E-state index in [-0.39, 0.29) is 41.3 Å². The fraction of sp³-hybridized carbons (Fsp3) is 0.462. The lowest BCUT2D eigenvalue weighted by atomic mass is 10.00. The second-order valence-corrected chi connectivity index (χ2v) is 4.88. The Balaban J connectivity index is 0.00000220. The van der Waals surface area contributed by atoms with E-state index in [4.69, 9.17) is 11.5 Å². The minimum Gasteiger partial charge on any atom is -0.393 e. The highest BCUT2D eigenvalue weighted by Crippen LogP contribution is 2.27. The summed E-state index contributed by atoms with van der Waals surface area (Å²) in [4.78, 5) is 24.5. The lowest BCUT2D eigenvalue weighted by Gasteiger charge is -2.35. The number of carbonyl (C=O) groups is 1. The predicted molar refractivity (Wildman–Crippen MR) is 82.5 cm³/mol. The Morgan fingerprint density at radius 2 is 2.14 bits per heavy atom. The quantitative estimate of drug-likeness (QED) is 0.499. The Hall–Kier alpha value is -1.86. The van der Waals surface area contributed by atoms with Crippen LogP contribution in [0.2, 0.25) is 0 Å². The van der Waals surface area contributed by atoms with Gasteiger partial charge in [0.25, 0.3) is 11.6 Å². The van der Waals surface area contributed by atoms with Crippen LogP contribution in [-0.4, -0.2) is 34.9 Å². The maximum absolute atomic E-state index is 12.5. The van der Waals surface area contributed by atoms with Gasteiger partial charge < -0.3 is 16.4 Å².